The Bertz CT molecular complexity index is 976. The maximum absolute atomic E-state index is 4.80. The predicted octanol–water partition coefficient (Wildman–Crippen LogP) is 4.76. The quantitative estimate of drug-likeness (QED) is 0.595. The minimum Gasteiger partial charge on any atom is -0.362 e. The molecule has 0 saturated heterocycles. The molecule has 30 heavy (non-hydrogen) atoms. The molecule has 2 aromatic carbocycles. The maximum atomic E-state index is 4.80. The monoisotopic (exact) mass is 403 g/mol. The van der Waals surface area contributed by atoms with Gasteiger partial charge in [0.25, 0.3) is 0 Å². The first-order valence-corrected chi connectivity index (χ1v) is 11.1. The number of nitrogens with one attached hydrogen (secondary N) is 2. The van der Waals surface area contributed by atoms with Gasteiger partial charge in [0, 0.05) is 32.1 Å². The third-order valence-electron chi connectivity index (χ3n) is 6.03. The van der Waals surface area contributed by atoms with E-state index in [0.717, 1.165) is 41.7 Å². The zero-order valence-corrected chi connectivity index (χ0v) is 18.4. The fraction of sp³-hybridized carbons (Fsp3) is 0.440. The lowest BCUT2D eigenvalue weighted by Crippen LogP contribution is -2.31. The van der Waals surface area contributed by atoms with Gasteiger partial charge in [-0.3, -0.25) is 0 Å². The molecule has 2 N–H and O–H groups in total. The van der Waals surface area contributed by atoms with Crippen LogP contribution >= 0.6 is 0 Å². The van der Waals surface area contributed by atoms with E-state index < -0.39 is 0 Å². The van der Waals surface area contributed by atoms with Crippen molar-refractivity contribution < 1.29 is 0 Å². The highest BCUT2D eigenvalue weighted by Crippen LogP contribution is 2.28. The number of para-hydroxylation sites is 1. The number of anilines is 2. The Hall–Kier alpha value is -2.66. The number of hydrogen-bond acceptors (Lipinski definition) is 5. The largest absolute Gasteiger partial charge is 0.362 e. The molecule has 0 amide bonds. The summed E-state index contributed by atoms with van der Waals surface area (Å²) in [4.78, 5) is 11.6. The van der Waals surface area contributed by atoms with E-state index in [1.54, 1.807) is 0 Å². The summed E-state index contributed by atoms with van der Waals surface area (Å²) >= 11 is 0. The second-order valence-corrected chi connectivity index (χ2v) is 8.76. The Labute approximate surface area is 179 Å². The molecule has 1 saturated carbocycles. The van der Waals surface area contributed by atoms with Crippen LogP contribution in [0.4, 0.5) is 11.8 Å². The van der Waals surface area contributed by atoms with Gasteiger partial charge in [0.15, 0.2) is 0 Å². The van der Waals surface area contributed by atoms with E-state index in [1.165, 1.54) is 36.8 Å². The van der Waals surface area contributed by atoms with E-state index in [2.05, 4.69) is 58.9 Å². The molecule has 1 heterocycles. The summed E-state index contributed by atoms with van der Waals surface area (Å²) in [7, 11) is 4.07. The van der Waals surface area contributed by atoms with Crippen molar-refractivity contribution in [3.05, 3.63) is 59.7 Å². The second-order valence-electron chi connectivity index (χ2n) is 8.76. The Morgan fingerprint density at radius 2 is 1.77 bits per heavy atom. The van der Waals surface area contributed by atoms with E-state index >= 15 is 0 Å². The molecule has 0 spiro atoms. The maximum Gasteiger partial charge on any atom is 0.225 e. The zero-order chi connectivity index (χ0) is 20.9. The highest BCUT2D eigenvalue weighted by atomic mass is 15.2. The molecule has 1 aliphatic rings. The lowest BCUT2D eigenvalue weighted by atomic mass is 9.86. The number of benzene rings is 2. The molecule has 1 fully saturated rings. The topological polar surface area (TPSA) is 53.1 Å². The SMILES string of the molecule is Cc1cccc(CNCC2CCC(Nc3nc(N(C)C)c4ccccc4n3)CC2)c1. The van der Waals surface area contributed by atoms with Crippen LogP contribution in [0.3, 0.4) is 0 Å². The van der Waals surface area contributed by atoms with E-state index in [1.807, 2.05) is 26.2 Å². The first-order chi connectivity index (χ1) is 14.6. The van der Waals surface area contributed by atoms with Gasteiger partial charge in [0.1, 0.15) is 5.82 Å². The van der Waals surface area contributed by atoms with Crippen LogP contribution in [-0.4, -0.2) is 36.6 Å². The number of aromatic nitrogens is 2. The summed E-state index contributed by atoms with van der Waals surface area (Å²) in [6.45, 7) is 4.20. The Balaban J connectivity index is 1.29. The lowest BCUT2D eigenvalue weighted by molar-refractivity contribution is 0.324. The number of nitrogens with zero attached hydrogens (tertiary/aromatic N) is 3. The predicted molar refractivity (Wildman–Crippen MR) is 126 cm³/mol. The molecule has 5 nitrogen and oxygen atoms in total. The molecule has 0 bridgehead atoms. The molecular formula is C25H33N5. The van der Waals surface area contributed by atoms with Crippen LogP contribution in [0.25, 0.3) is 10.9 Å². The summed E-state index contributed by atoms with van der Waals surface area (Å²) in [5, 5.41) is 8.35. The average Bonchev–Trinajstić information content (AvgIpc) is 2.74. The first-order valence-electron chi connectivity index (χ1n) is 11.1. The van der Waals surface area contributed by atoms with Crippen molar-refractivity contribution in [1.29, 1.82) is 0 Å². The third kappa shape index (κ3) is 5.08. The van der Waals surface area contributed by atoms with Crippen molar-refractivity contribution in [2.45, 2.75) is 45.2 Å². The highest BCUT2D eigenvalue weighted by Gasteiger charge is 2.22. The molecule has 0 aliphatic heterocycles. The Morgan fingerprint density at radius 1 is 0.967 bits per heavy atom. The molecule has 4 rings (SSSR count). The van der Waals surface area contributed by atoms with Crippen molar-refractivity contribution in [2.75, 3.05) is 30.9 Å². The van der Waals surface area contributed by atoms with Gasteiger partial charge in [-0.1, -0.05) is 42.0 Å². The molecule has 1 aromatic heterocycles. The third-order valence-corrected chi connectivity index (χ3v) is 6.03. The molecule has 3 aromatic rings. The highest BCUT2D eigenvalue weighted by molar-refractivity contribution is 5.90. The number of hydrogen-bond donors (Lipinski definition) is 2. The molecule has 0 radical (unpaired) electrons. The van der Waals surface area contributed by atoms with E-state index in [4.69, 9.17) is 9.97 Å². The van der Waals surface area contributed by atoms with E-state index in [0.29, 0.717) is 6.04 Å². The van der Waals surface area contributed by atoms with Gasteiger partial charge in [-0.15, -0.1) is 0 Å². The zero-order valence-electron chi connectivity index (χ0n) is 18.4. The molecule has 158 valence electrons. The van der Waals surface area contributed by atoms with Crippen molar-refractivity contribution in [3.63, 3.8) is 0 Å². The van der Waals surface area contributed by atoms with Gasteiger partial charge >= 0.3 is 0 Å². The lowest BCUT2D eigenvalue weighted by Gasteiger charge is -2.29. The smallest absolute Gasteiger partial charge is 0.225 e. The molecule has 0 atom stereocenters. The van der Waals surface area contributed by atoms with E-state index in [-0.39, 0.29) is 0 Å². The number of aryl methyl sites for hydroxylation is 1. The van der Waals surface area contributed by atoms with Crippen LogP contribution in [0, 0.1) is 12.8 Å². The summed E-state index contributed by atoms with van der Waals surface area (Å²) in [6, 6.07) is 17.4. The molecule has 5 heteroatoms. The van der Waals surface area contributed by atoms with Gasteiger partial charge in [0.2, 0.25) is 5.95 Å². The van der Waals surface area contributed by atoms with Crippen LogP contribution in [-0.2, 0) is 6.54 Å². The fourth-order valence-electron chi connectivity index (χ4n) is 4.40. The van der Waals surface area contributed by atoms with Crippen molar-refractivity contribution in [3.8, 4) is 0 Å². The van der Waals surface area contributed by atoms with Crippen LogP contribution in [0.1, 0.15) is 36.8 Å². The summed E-state index contributed by atoms with van der Waals surface area (Å²) in [6.07, 6.45) is 4.83. The van der Waals surface area contributed by atoms with Crippen LogP contribution in [0.2, 0.25) is 0 Å². The summed E-state index contributed by atoms with van der Waals surface area (Å²) in [5.41, 5.74) is 3.69. The van der Waals surface area contributed by atoms with Gasteiger partial charge in [0.05, 0.1) is 5.52 Å². The molecule has 1 aliphatic carbocycles. The number of rotatable bonds is 7. The van der Waals surface area contributed by atoms with Crippen molar-refractivity contribution >= 4 is 22.7 Å². The minimum atomic E-state index is 0.453. The summed E-state index contributed by atoms with van der Waals surface area (Å²) in [5.74, 6) is 2.47. The van der Waals surface area contributed by atoms with Crippen LogP contribution in [0.15, 0.2) is 48.5 Å². The van der Waals surface area contributed by atoms with Gasteiger partial charge < -0.3 is 15.5 Å². The van der Waals surface area contributed by atoms with E-state index in [9.17, 15) is 0 Å². The number of fused-ring (bicyclic) bond motifs is 1. The van der Waals surface area contributed by atoms with Crippen molar-refractivity contribution in [2.24, 2.45) is 5.92 Å². The normalized spacial score (nSPS) is 19.0. The van der Waals surface area contributed by atoms with Crippen molar-refractivity contribution in [1.82, 2.24) is 15.3 Å². The summed E-state index contributed by atoms with van der Waals surface area (Å²) < 4.78 is 0. The second kappa shape index (κ2) is 9.43. The Morgan fingerprint density at radius 3 is 2.53 bits per heavy atom. The Kier molecular flexibility index (Phi) is 6.48. The van der Waals surface area contributed by atoms with Crippen LogP contribution in [0.5, 0.6) is 0 Å². The van der Waals surface area contributed by atoms with Crippen LogP contribution < -0.4 is 15.5 Å². The minimum absolute atomic E-state index is 0.453. The van der Waals surface area contributed by atoms with Gasteiger partial charge in [-0.2, -0.15) is 4.98 Å². The standard InChI is InChI=1S/C25H33N5/c1-18-7-6-8-20(15-18)17-26-16-19-11-13-21(14-12-19)27-25-28-23-10-5-4-9-22(23)24(29-25)30(2)3/h4-10,15,19,21,26H,11-14,16-17H2,1-3H3,(H,27,28,29). The molecule has 0 unspecified atom stereocenters. The average molecular weight is 404 g/mol. The molecular weight excluding hydrogens is 370 g/mol. The fourth-order valence-corrected chi connectivity index (χ4v) is 4.40. The van der Waals surface area contributed by atoms with Gasteiger partial charge in [-0.05, 0) is 62.8 Å². The first kappa shape index (κ1) is 20.6. The van der Waals surface area contributed by atoms with Gasteiger partial charge in [-0.25, -0.2) is 4.98 Å².